The van der Waals surface area contributed by atoms with E-state index in [9.17, 15) is 4.79 Å². The van der Waals surface area contributed by atoms with Crippen LogP contribution in [0, 0.1) is 0 Å². The minimum atomic E-state index is -0.188. The lowest BCUT2D eigenvalue weighted by Gasteiger charge is -2.12. The summed E-state index contributed by atoms with van der Waals surface area (Å²) >= 11 is 3.43. The number of thiophene rings is 1. The van der Waals surface area contributed by atoms with Gasteiger partial charge in [-0.05, 0) is 61.6 Å². The summed E-state index contributed by atoms with van der Waals surface area (Å²) in [4.78, 5) is 24.8. The number of hydrogen-bond donors (Lipinski definition) is 1. The number of anilines is 1. The van der Waals surface area contributed by atoms with Crippen molar-refractivity contribution in [3.8, 4) is 5.75 Å². The molecule has 1 aliphatic carbocycles. The average molecular weight is 448 g/mol. The van der Waals surface area contributed by atoms with E-state index in [4.69, 9.17) is 4.74 Å². The molecule has 7 heteroatoms. The zero-order chi connectivity index (χ0) is 21.0. The minimum Gasteiger partial charge on any atom is -0.484 e. The van der Waals surface area contributed by atoms with Crippen molar-refractivity contribution in [2.24, 2.45) is 0 Å². The van der Waals surface area contributed by atoms with Gasteiger partial charge in [-0.2, -0.15) is 0 Å². The average Bonchev–Trinajstić information content (AvgIpc) is 3.18. The van der Waals surface area contributed by atoms with Crippen molar-refractivity contribution >= 4 is 44.9 Å². The second-order valence-corrected chi connectivity index (χ2v) is 9.50. The molecule has 2 aromatic carbocycles. The van der Waals surface area contributed by atoms with E-state index in [1.807, 2.05) is 54.6 Å². The lowest BCUT2D eigenvalue weighted by Crippen LogP contribution is -2.20. The van der Waals surface area contributed by atoms with Crippen LogP contribution in [0.25, 0.3) is 10.2 Å². The van der Waals surface area contributed by atoms with Crippen LogP contribution in [0.3, 0.4) is 0 Å². The zero-order valence-electron chi connectivity index (χ0n) is 16.8. The predicted octanol–water partition coefficient (Wildman–Crippen LogP) is 5.74. The molecule has 0 spiro atoms. The highest BCUT2D eigenvalue weighted by molar-refractivity contribution is 7.99. The van der Waals surface area contributed by atoms with Crippen LogP contribution in [0.4, 0.5) is 5.69 Å². The van der Waals surface area contributed by atoms with Crippen LogP contribution in [0.2, 0.25) is 0 Å². The summed E-state index contributed by atoms with van der Waals surface area (Å²) in [7, 11) is 0. The molecule has 156 valence electrons. The van der Waals surface area contributed by atoms with Gasteiger partial charge in [-0.3, -0.25) is 4.79 Å². The number of carbonyl (C=O) groups is 1. The van der Waals surface area contributed by atoms with Crippen LogP contribution in [0.15, 0.2) is 70.8 Å². The molecule has 0 saturated carbocycles. The van der Waals surface area contributed by atoms with E-state index >= 15 is 0 Å². The maximum Gasteiger partial charge on any atom is 0.262 e. The second kappa shape index (κ2) is 9.08. The molecule has 2 aromatic heterocycles. The van der Waals surface area contributed by atoms with Crippen LogP contribution in [0.5, 0.6) is 5.75 Å². The van der Waals surface area contributed by atoms with Crippen molar-refractivity contribution < 1.29 is 9.53 Å². The van der Waals surface area contributed by atoms with E-state index < -0.39 is 0 Å². The van der Waals surface area contributed by atoms with Gasteiger partial charge in [0.05, 0.1) is 0 Å². The van der Waals surface area contributed by atoms with Gasteiger partial charge in [0, 0.05) is 20.8 Å². The van der Waals surface area contributed by atoms with Crippen LogP contribution in [-0.2, 0) is 17.6 Å². The largest absolute Gasteiger partial charge is 0.484 e. The fraction of sp³-hybridized carbons (Fsp3) is 0.208. The number of fused-ring (bicyclic) bond motifs is 3. The highest BCUT2D eigenvalue weighted by Crippen LogP contribution is 2.41. The Kier molecular flexibility index (Phi) is 5.86. The van der Waals surface area contributed by atoms with Gasteiger partial charge in [-0.25, -0.2) is 9.97 Å². The van der Waals surface area contributed by atoms with Gasteiger partial charge < -0.3 is 10.1 Å². The smallest absolute Gasteiger partial charge is 0.262 e. The van der Waals surface area contributed by atoms with Crippen LogP contribution >= 0.6 is 23.1 Å². The third kappa shape index (κ3) is 4.57. The minimum absolute atomic E-state index is 0.0429. The summed E-state index contributed by atoms with van der Waals surface area (Å²) in [5.41, 5.74) is 2.19. The Balaban J connectivity index is 1.30. The number of hydrogen-bond acceptors (Lipinski definition) is 6. The first-order valence-electron chi connectivity index (χ1n) is 10.3. The highest BCUT2D eigenvalue weighted by atomic mass is 32.2. The molecule has 1 amide bonds. The number of para-hydroxylation sites is 1. The van der Waals surface area contributed by atoms with Crippen molar-refractivity contribution in [2.45, 2.75) is 35.6 Å². The normalized spacial score (nSPS) is 13.0. The Labute approximate surface area is 188 Å². The Bertz CT molecular complexity index is 1220. The molecule has 4 aromatic rings. The van der Waals surface area contributed by atoms with Crippen LogP contribution in [-0.4, -0.2) is 22.5 Å². The maximum absolute atomic E-state index is 12.2. The lowest BCUT2D eigenvalue weighted by molar-refractivity contribution is -0.118. The first kappa shape index (κ1) is 20.0. The molecule has 1 N–H and O–H groups in total. The third-order valence-corrected chi connectivity index (χ3v) is 7.36. The van der Waals surface area contributed by atoms with Gasteiger partial charge in [0.2, 0.25) is 0 Å². The summed E-state index contributed by atoms with van der Waals surface area (Å²) in [5.74, 6) is 0.470. The summed E-state index contributed by atoms with van der Waals surface area (Å²) < 4.78 is 5.73. The Morgan fingerprint density at radius 1 is 1.06 bits per heavy atom. The number of benzene rings is 2. The summed E-state index contributed by atoms with van der Waals surface area (Å²) in [6.45, 7) is -0.0429. The van der Waals surface area contributed by atoms with Crippen molar-refractivity contribution in [3.05, 3.63) is 71.4 Å². The molecule has 2 heterocycles. The van der Waals surface area contributed by atoms with E-state index in [2.05, 4.69) is 15.3 Å². The van der Waals surface area contributed by atoms with Gasteiger partial charge in [-0.15, -0.1) is 11.3 Å². The van der Waals surface area contributed by atoms with Gasteiger partial charge in [0.25, 0.3) is 5.91 Å². The number of carbonyl (C=O) groups excluding carboxylic acids is 1. The summed E-state index contributed by atoms with van der Waals surface area (Å²) in [6, 6.07) is 17.2. The molecular weight excluding hydrogens is 426 g/mol. The third-order valence-electron chi connectivity index (χ3n) is 5.16. The standard InChI is InChI=1S/C24H21N3O2S2/c28-21(27-16-7-2-1-3-8-16)14-29-17-9-6-10-18(13-17)30-23-22-19-11-4-5-12-20(19)31-24(22)26-15-25-23/h1-3,6-10,13,15H,4-5,11-12,14H2,(H,27,28). The first-order chi connectivity index (χ1) is 15.3. The number of nitrogens with zero attached hydrogens (tertiary/aromatic N) is 2. The van der Waals surface area contributed by atoms with E-state index in [1.165, 1.54) is 28.7 Å². The van der Waals surface area contributed by atoms with Crippen molar-refractivity contribution in [1.29, 1.82) is 0 Å². The van der Waals surface area contributed by atoms with E-state index in [-0.39, 0.29) is 12.5 Å². The highest BCUT2D eigenvalue weighted by Gasteiger charge is 2.20. The molecule has 31 heavy (non-hydrogen) atoms. The molecule has 5 nitrogen and oxygen atoms in total. The Morgan fingerprint density at radius 3 is 2.84 bits per heavy atom. The van der Waals surface area contributed by atoms with E-state index in [0.29, 0.717) is 5.75 Å². The summed E-state index contributed by atoms with van der Waals surface area (Å²) in [5, 5.41) is 5.03. The zero-order valence-corrected chi connectivity index (χ0v) is 18.5. The van der Waals surface area contributed by atoms with Crippen molar-refractivity contribution in [1.82, 2.24) is 9.97 Å². The number of nitrogens with one attached hydrogen (secondary N) is 1. The second-order valence-electron chi connectivity index (χ2n) is 7.35. The monoisotopic (exact) mass is 447 g/mol. The number of rotatable bonds is 6. The van der Waals surface area contributed by atoms with E-state index in [0.717, 1.165) is 33.3 Å². The molecule has 0 aliphatic heterocycles. The SMILES string of the molecule is O=C(COc1cccc(Sc2ncnc3sc4c(c23)CCCC4)c1)Nc1ccccc1. The fourth-order valence-electron chi connectivity index (χ4n) is 3.75. The van der Waals surface area contributed by atoms with Crippen LogP contribution in [0.1, 0.15) is 23.3 Å². The number of amides is 1. The molecule has 1 aliphatic rings. The lowest BCUT2D eigenvalue weighted by atomic mass is 9.97. The number of aryl methyl sites for hydroxylation is 2. The molecular formula is C24H21N3O2S2. The molecule has 0 saturated heterocycles. The van der Waals surface area contributed by atoms with Gasteiger partial charge >= 0.3 is 0 Å². The van der Waals surface area contributed by atoms with Crippen molar-refractivity contribution in [2.75, 3.05) is 11.9 Å². The Morgan fingerprint density at radius 2 is 1.94 bits per heavy atom. The molecule has 0 fully saturated rings. The fourth-order valence-corrected chi connectivity index (χ4v) is 6.01. The van der Waals surface area contributed by atoms with Gasteiger partial charge in [0.15, 0.2) is 6.61 Å². The molecule has 0 unspecified atom stereocenters. The molecule has 5 rings (SSSR count). The Hall–Kier alpha value is -2.90. The maximum atomic E-state index is 12.2. The number of ether oxygens (including phenoxy) is 1. The van der Waals surface area contributed by atoms with Crippen LogP contribution < -0.4 is 10.1 Å². The summed E-state index contributed by atoms with van der Waals surface area (Å²) in [6.07, 6.45) is 6.39. The quantitative estimate of drug-likeness (QED) is 0.382. The number of aromatic nitrogens is 2. The first-order valence-corrected chi connectivity index (χ1v) is 11.9. The van der Waals surface area contributed by atoms with Crippen molar-refractivity contribution in [3.63, 3.8) is 0 Å². The van der Waals surface area contributed by atoms with Gasteiger partial charge in [-0.1, -0.05) is 36.0 Å². The topological polar surface area (TPSA) is 64.1 Å². The molecule has 0 radical (unpaired) electrons. The van der Waals surface area contributed by atoms with Gasteiger partial charge in [0.1, 0.15) is 21.9 Å². The van der Waals surface area contributed by atoms with E-state index in [1.54, 1.807) is 29.4 Å². The molecule has 0 atom stereocenters. The molecule has 0 bridgehead atoms. The predicted molar refractivity (Wildman–Crippen MR) is 125 cm³/mol.